The minimum atomic E-state index is -1.50. The Morgan fingerprint density at radius 1 is 1.23 bits per heavy atom. The molecule has 1 aromatic rings. The molecule has 0 saturated heterocycles. The van der Waals surface area contributed by atoms with E-state index in [0.29, 0.717) is 11.1 Å². The van der Waals surface area contributed by atoms with Crippen LogP contribution in [0.1, 0.15) is 11.1 Å². The summed E-state index contributed by atoms with van der Waals surface area (Å²) in [5, 5.41) is 8.86. The number of benzene rings is 1. The molecule has 0 bridgehead atoms. The quantitative estimate of drug-likeness (QED) is 0.641. The summed E-state index contributed by atoms with van der Waals surface area (Å²) in [6, 6.07) is 6.44. The van der Waals surface area contributed by atoms with Gasteiger partial charge in [-0.25, -0.2) is 0 Å². The molecule has 0 radical (unpaired) electrons. The van der Waals surface area contributed by atoms with Crippen molar-refractivity contribution in [3.8, 4) is 6.07 Å². The lowest BCUT2D eigenvalue weighted by molar-refractivity contribution is 1.24. The molecule has 0 spiro atoms. The summed E-state index contributed by atoms with van der Waals surface area (Å²) in [6.45, 7) is 0. The summed E-state index contributed by atoms with van der Waals surface area (Å²) >= 11 is 22.6. The largest absolute Gasteiger partial charge is 0.216 e. The van der Waals surface area contributed by atoms with E-state index in [9.17, 15) is 0 Å². The van der Waals surface area contributed by atoms with E-state index in [-0.39, 0.29) is 5.02 Å². The van der Waals surface area contributed by atoms with Crippen LogP contribution in [0.25, 0.3) is 0 Å². The minimum Gasteiger partial charge on any atom is -0.192 e. The van der Waals surface area contributed by atoms with Crippen molar-refractivity contribution in [2.45, 2.75) is 3.79 Å². The van der Waals surface area contributed by atoms with Crippen molar-refractivity contribution in [3.05, 3.63) is 34.3 Å². The number of halogens is 4. The molecular formula is C8H3Cl4N. The average Bonchev–Trinajstić information content (AvgIpc) is 2.02. The Morgan fingerprint density at radius 2 is 1.85 bits per heavy atom. The van der Waals surface area contributed by atoms with E-state index >= 15 is 0 Å². The first kappa shape index (κ1) is 10.9. The third-order valence-corrected chi connectivity index (χ3v) is 2.38. The maximum Gasteiger partial charge on any atom is 0.216 e. The molecule has 0 unspecified atom stereocenters. The van der Waals surface area contributed by atoms with Crippen molar-refractivity contribution in [2.24, 2.45) is 0 Å². The molecule has 1 aromatic carbocycles. The molecule has 0 fully saturated rings. The van der Waals surface area contributed by atoms with Gasteiger partial charge in [0.1, 0.15) is 6.07 Å². The number of nitrogens with zero attached hydrogens (tertiary/aromatic N) is 1. The van der Waals surface area contributed by atoms with Crippen LogP contribution in [0.3, 0.4) is 0 Å². The zero-order valence-corrected chi connectivity index (χ0v) is 9.21. The normalized spacial score (nSPS) is 11.0. The summed E-state index contributed by atoms with van der Waals surface area (Å²) in [5.74, 6) is 0. The van der Waals surface area contributed by atoms with Gasteiger partial charge in [0.25, 0.3) is 0 Å². The highest BCUT2D eigenvalue weighted by molar-refractivity contribution is 6.66. The van der Waals surface area contributed by atoms with Crippen molar-refractivity contribution in [2.75, 3.05) is 0 Å². The molecule has 0 atom stereocenters. The molecule has 1 rings (SSSR count). The fraction of sp³-hybridized carbons (Fsp3) is 0.125. The number of hydrogen-bond acceptors (Lipinski definition) is 1. The van der Waals surface area contributed by atoms with Crippen molar-refractivity contribution in [1.29, 1.82) is 5.26 Å². The van der Waals surface area contributed by atoms with E-state index in [2.05, 4.69) is 0 Å². The van der Waals surface area contributed by atoms with Crippen molar-refractivity contribution in [3.63, 3.8) is 0 Å². The van der Waals surface area contributed by atoms with E-state index in [1.807, 2.05) is 6.07 Å². The summed E-state index contributed by atoms with van der Waals surface area (Å²) in [7, 11) is 0. The summed E-state index contributed by atoms with van der Waals surface area (Å²) in [6.07, 6.45) is 0. The molecule has 1 nitrogen and oxygen atoms in total. The summed E-state index contributed by atoms with van der Waals surface area (Å²) in [5.41, 5.74) is 0.807. The molecule has 0 aliphatic rings. The third kappa shape index (κ3) is 2.65. The molecule has 0 aliphatic carbocycles. The highest BCUT2D eigenvalue weighted by atomic mass is 35.6. The van der Waals surface area contributed by atoms with Gasteiger partial charge in [-0.2, -0.15) is 5.26 Å². The second-order valence-electron chi connectivity index (χ2n) is 2.30. The number of nitriles is 1. The van der Waals surface area contributed by atoms with Crippen LogP contribution >= 0.6 is 46.4 Å². The number of hydrogen-bond donors (Lipinski definition) is 0. The Morgan fingerprint density at radius 3 is 2.23 bits per heavy atom. The Bertz CT molecular complexity index is 361. The molecule has 0 N–H and O–H groups in total. The van der Waals surface area contributed by atoms with Crippen molar-refractivity contribution < 1.29 is 0 Å². The van der Waals surface area contributed by atoms with Crippen LogP contribution < -0.4 is 0 Å². The number of alkyl halides is 3. The monoisotopic (exact) mass is 253 g/mol. The lowest BCUT2D eigenvalue weighted by atomic mass is 10.2. The Hall–Kier alpha value is -0.130. The molecule has 0 heterocycles. The molecule has 0 aromatic heterocycles. The van der Waals surface area contributed by atoms with Crippen LogP contribution in [0.5, 0.6) is 0 Å². The maximum absolute atomic E-state index is 8.58. The van der Waals surface area contributed by atoms with Crippen LogP contribution in [0.4, 0.5) is 0 Å². The van der Waals surface area contributed by atoms with Gasteiger partial charge in [0.15, 0.2) is 0 Å². The minimum absolute atomic E-state index is 0.284. The lowest BCUT2D eigenvalue weighted by Gasteiger charge is -2.11. The SMILES string of the molecule is N#Cc1ccc(C(Cl)(Cl)Cl)cc1Cl. The van der Waals surface area contributed by atoms with Crippen LogP contribution in [-0.2, 0) is 3.79 Å². The fourth-order valence-electron chi connectivity index (χ4n) is 0.782. The van der Waals surface area contributed by atoms with Gasteiger partial charge in [0.2, 0.25) is 3.79 Å². The van der Waals surface area contributed by atoms with Gasteiger partial charge < -0.3 is 0 Å². The first-order chi connectivity index (χ1) is 5.95. The van der Waals surface area contributed by atoms with E-state index in [0.717, 1.165) is 0 Å². The predicted molar refractivity (Wildman–Crippen MR) is 55.4 cm³/mol. The van der Waals surface area contributed by atoms with Gasteiger partial charge in [0.05, 0.1) is 10.6 Å². The van der Waals surface area contributed by atoms with E-state index in [1.165, 1.54) is 12.1 Å². The Labute approximate surface area is 95.8 Å². The molecule has 5 heteroatoms. The van der Waals surface area contributed by atoms with E-state index in [1.54, 1.807) is 6.07 Å². The van der Waals surface area contributed by atoms with E-state index in [4.69, 9.17) is 51.7 Å². The fourth-order valence-corrected chi connectivity index (χ4v) is 1.36. The summed E-state index contributed by atoms with van der Waals surface area (Å²) < 4.78 is -1.50. The van der Waals surface area contributed by atoms with Crippen LogP contribution in [-0.4, -0.2) is 0 Å². The van der Waals surface area contributed by atoms with E-state index < -0.39 is 3.79 Å². The Kier molecular flexibility index (Phi) is 3.32. The maximum atomic E-state index is 8.58. The first-order valence-corrected chi connectivity index (χ1v) is 4.73. The highest BCUT2D eigenvalue weighted by Gasteiger charge is 2.23. The van der Waals surface area contributed by atoms with Gasteiger partial charge in [-0.1, -0.05) is 52.5 Å². The van der Waals surface area contributed by atoms with Crippen LogP contribution in [0, 0.1) is 11.3 Å². The standard InChI is InChI=1S/C8H3Cl4N/c9-7-3-6(8(10,11)12)2-1-5(7)4-13/h1-3H. The summed E-state index contributed by atoms with van der Waals surface area (Å²) in [4.78, 5) is 0. The molecule has 0 amide bonds. The molecule has 0 saturated carbocycles. The topological polar surface area (TPSA) is 23.8 Å². The lowest BCUT2D eigenvalue weighted by Crippen LogP contribution is -1.99. The molecular weight excluding hydrogens is 252 g/mol. The van der Waals surface area contributed by atoms with Gasteiger partial charge in [-0.3, -0.25) is 0 Å². The zero-order valence-electron chi connectivity index (χ0n) is 6.19. The smallest absolute Gasteiger partial charge is 0.192 e. The Balaban J connectivity index is 3.20. The first-order valence-electron chi connectivity index (χ1n) is 3.22. The predicted octanol–water partition coefficient (Wildman–Crippen LogP) is 4.04. The highest BCUT2D eigenvalue weighted by Crippen LogP contribution is 2.39. The second kappa shape index (κ2) is 3.94. The van der Waals surface area contributed by atoms with Crippen molar-refractivity contribution >= 4 is 46.4 Å². The van der Waals surface area contributed by atoms with Gasteiger partial charge in [-0.15, -0.1) is 0 Å². The van der Waals surface area contributed by atoms with Gasteiger partial charge in [0, 0.05) is 5.56 Å². The third-order valence-electron chi connectivity index (χ3n) is 1.42. The van der Waals surface area contributed by atoms with Gasteiger partial charge in [-0.05, 0) is 12.1 Å². The number of rotatable bonds is 0. The molecule has 68 valence electrons. The zero-order chi connectivity index (χ0) is 10.1. The average molecular weight is 255 g/mol. The van der Waals surface area contributed by atoms with Crippen LogP contribution in [0.15, 0.2) is 18.2 Å². The van der Waals surface area contributed by atoms with Crippen LogP contribution in [0.2, 0.25) is 5.02 Å². The van der Waals surface area contributed by atoms with Gasteiger partial charge >= 0.3 is 0 Å². The molecule has 13 heavy (non-hydrogen) atoms. The molecule has 0 aliphatic heterocycles. The van der Waals surface area contributed by atoms with Crippen molar-refractivity contribution in [1.82, 2.24) is 0 Å². The second-order valence-corrected chi connectivity index (χ2v) is 4.99.